The topological polar surface area (TPSA) is 38.7 Å². The Kier molecular flexibility index (Phi) is 5.34. The molecule has 2 N–H and O–H groups in total. The summed E-state index contributed by atoms with van der Waals surface area (Å²) in [4.78, 5) is 4.55. The Morgan fingerprint density at radius 2 is 1.95 bits per heavy atom. The van der Waals surface area contributed by atoms with E-state index in [-0.39, 0.29) is 6.61 Å². The summed E-state index contributed by atoms with van der Waals surface area (Å²) in [7, 11) is 0. The summed E-state index contributed by atoms with van der Waals surface area (Å²) in [5.74, 6) is 0. The summed E-state index contributed by atoms with van der Waals surface area (Å²) < 4.78 is 0. The minimum atomic E-state index is 0.212. The van der Waals surface area contributed by atoms with Crippen molar-refractivity contribution >= 4 is 23.0 Å². The maximum atomic E-state index is 9.10. The average molecular weight is 293 g/mol. The van der Waals surface area contributed by atoms with Crippen molar-refractivity contribution in [1.82, 2.24) is 9.80 Å². The second-order valence-corrected chi connectivity index (χ2v) is 5.75. The van der Waals surface area contributed by atoms with Crippen LogP contribution in [-0.2, 0) is 0 Å². The summed E-state index contributed by atoms with van der Waals surface area (Å²) in [5.41, 5.74) is 1.02. The van der Waals surface area contributed by atoms with Gasteiger partial charge in [0.1, 0.15) is 0 Å². The number of hydrogen-bond acceptors (Lipinski definition) is 3. The lowest BCUT2D eigenvalue weighted by atomic mass is 10.1. The molecule has 1 fully saturated rings. The van der Waals surface area contributed by atoms with Crippen molar-refractivity contribution in [2.75, 3.05) is 31.6 Å². The van der Waals surface area contributed by atoms with Gasteiger partial charge in [-0.1, -0.05) is 18.2 Å². The Morgan fingerprint density at radius 1 is 1.25 bits per heavy atom. The number of hydrogen-bond donors (Lipinski definition) is 2. The van der Waals surface area contributed by atoms with Crippen molar-refractivity contribution in [3.63, 3.8) is 0 Å². The third-order valence-corrected chi connectivity index (χ3v) is 4.12. The molecule has 1 aliphatic rings. The fraction of sp³-hybridized carbons (Fsp3) is 0.533. The van der Waals surface area contributed by atoms with Gasteiger partial charge in [-0.2, -0.15) is 0 Å². The second-order valence-electron chi connectivity index (χ2n) is 5.37. The molecule has 0 bridgehead atoms. The van der Waals surface area contributed by atoms with E-state index in [9.17, 15) is 0 Å². The summed E-state index contributed by atoms with van der Waals surface area (Å²) in [6.45, 7) is 7.12. The van der Waals surface area contributed by atoms with Crippen LogP contribution in [-0.4, -0.2) is 58.3 Å². The number of para-hydroxylation sites is 1. The molecule has 1 aromatic carbocycles. The lowest BCUT2D eigenvalue weighted by molar-refractivity contribution is 0.0706. The molecule has 0 spiro atoms. The van der Waals surface area contributed by atoms with Crippen LogP contribution in [0.4, 0.5) is 5.69 Å². The van der Waals surface area contributed by atoms with E-state index < -0.39 is 0 Å². The molecule has 2 atom stereocenters. The lowest BCUT2D eigenvalue weighted by Gasteiger charge is -2.45. The first kappa shape index (κ1) is 15.2. The Balaban J connectivity index is 1.97. The molecule has 0 amide bonds. The monoisotopic (exact) mass is 293 g/mol. The van der Waals surface area contributed by atoms with Crippen LogP contribution in [0.1, 0.15) is 13.8 Å². The number of anilines is 1. The van der Waals surface area contributed by atoms with Gasteiger partial charge in [0.2, 0.25) is 0 Å². The predicted octanol–water partition coefficient (Wildman–Crippen LogP) is 1.77. The van der Waals surface area contributed by atoms with Gasteiger partial charge in [-0.3, -0.25) is 4.90 Å². The van der Waals surface area contributed by atoms with E-state index in [1.54, 1.807) is 0 Å². The molecule has 1 aromatic rings. The van der Waals surface area contributed by atoms with Crippen molar-refractivity contribution in [2.45, 2.75) is 25.9 Å². The first-order valence-electron chi connectivity index (χ1n) is 7.09. The quantitative estimate of drug-likeness (QED) is 0.831. The van der Waals surface area contributed by atoms with E-state index in [1.807, 2.05) is 30.3 Å². The average Bonchev–Trinajstić information content (AvgIpc) is 2.43. The Morgan fingerprint density at radius 3 is 2.60 bits per heavy atom. The van der Waals surface area contributed by atoms with Crippen LogP contribution in [0.15, 0.2) is 30.3 Å². The van der Waals surface area contributed by atoms with Gasteiger partial charge in [-0.05, 0) is 38.2 Å². The minimum Gasteiger partial charge on any atom is -0.395 e. The highest BCUT2D eigenvalue weighted by Crippen LogP contribution is 2.17. The number of β-amino-alcohol motifs (C(OH)–C–C–N with tert-alkyl or cyclic N) is 1. The molecule has 20 heavy (non-hydrogen) atoms. The van der Waals surface area contributed by atoms with E-state index in [1.165, 1.54) is 0 Å². The molecule has 0 aliphatic carbocycles. The SMILES string of the molecule is CC1CN(C(=S)Nc2ccccc2)C(C)CN1CCO. The summed E-state index contributed by atoms with van der Waals surface area (Å²) in [5, 5.41) is 13.2. The van der Waals surface area contributed by atoms with Crippen LogP contribution in [0.5, 0.6) is 0 Å². The molecule has 0 aromatic heterocycles. The van der Waals surface area contributed by atoms with Gasteiger partial charge >= 0.3 is 0 Å². The molecular formula is C15H23N3OS. The zero-order chi connectivity index (χ0) is 14.5. The third-order valence-electron chi connectivity index (χ3n) is 3.79. The molecule has 0 radical (unpaired) electrons. The number of rotatable bonds is 3. The zero-order valence-electron chi connectivity index (χ0n) is 12.1. The molecule has 2 rings (SSSR count). The molecule has 5 heteroatoms. The van der Waals surface area contributed by atoms with Gasteiger partial charge in [0.15, 0.2) is 5.11 Å². The molecule has 2 unspecified atom stereocenters. The maximum absolute atomic E-state index is 9.10. The van der Waals surface area contributed by atoms with Crippen LogP contribution in [0.25, 0.3) is 0 Å². The number of thiocarbonyl (C=S) groups is 1. The molecule has 110 valence electrons. The highest BCUT2D eigenvalue weighted by Gasteiger charge is 2.29. The van der Waals surface area contributed by atoms with Crippen LogP contribution < -0.4 is 5.32 Å². The van der Waals surface area contributed by atoms with Crippen molar-refractivity contribution in [3.05, 3.63) is 30.3 Å². The lowest BCUT2D eigenvalue weighted by Crippen LogP contribution is -2.59. The van der Waals surface area contributed by atoms with Crippen LogP contribution in [0, 0.1) is 0 Å². The summed E-state index contributed by atoms with van der Waals surface area (Å²) >= 11 is 5.54. The Hall–Kier alpha value is -1.17. The van der Waals surface area contributed by atoms with Crippen molar-refractivity contribution in [2.24, 2.45) is 0 Å². The number of aliphatic hydroxyl groups is 1. The standard InChI is InChI=1S/C15H23N3OS/c1-12-11-18(13(2)10-17(12)8-9-19)15(20)16-14-6-4-3-5-7-14/h3-7,12-13,19H,8-11H2,1-2H3,(H,16,20). The molecule has 1 aliphatic heterocycles. The Labute approximate surface area is 126 Å². The third kappa shape index (κ3) is 3.69. The van der Waals surface area contributed by atoms with E-state index in [4.69, 9.17) is 17.3 Å². The normalized spacial score (nSPS) is 23.6. The number of nitrogens with zero attached hydrogens (tertiary/aromatic N) is 2. The van der Waals surface area contributed by atoms with Crippen molar-refractivity contribution < 1.29 is 5.11 Å². The Bertz CT molecular complexity index is 440. The number of aliphatic hydroxyl groups excluding tert-OH is 1. The van der Waals surface area contributed by atoms with Gasteiger partial charge in [0.25, 0.3) is 0 Å². The first-order valence-corrected chi connectivity index (χ1v) is 7.50. The van der Waals surface area contributed by atoms with Crippen LogP contribution in [0.3, 0.4) is 0 Å². The zero-order valence-corrected chi connectivity index (χ0v) is 12.9. The summed E-state index contributed by atoms with van der Waals surface area (Å²) in [6.07, 6.45) is 0. The largest absolute Gasteiger partial charge is 0.395 e. The van der Waals surface area contributed by atoms with Gasteiger partial charge < -0.3 is 15.3 Å². The predicted molar refractivity (Wildman–Crippen MR) is 87.0 cm³/mol. The van der Waals surface area contributed by atoms with E-state index in [0.717, 1.165) is 30.4 Å². The fourth-order valence-electron chi connectivity index (χ4n) is 2.64. The second kappa shape index (κ2) is 7.02. The minimum absolute atomic E-state index is 0.212. The van der Waals surface area contributed by atoms with Crippen molar-refractivity contribution in [3.8, 4) is 0 Å². The van der Waals surface area contributed by atoms with E-state index in [2.05, 4.69) is 29.0 Å². The van der Waals surface area contributed by atoms with E-state index >= 15 is 0 Å². The fourth-order valence-corrected chi connectivity index (χ4v) is 3.01. The highest BCUT2D eigenvalue weighted by molar-refractivity contribution is 7.80. The molecular weight excluding hydrogens is 270 g/mol. The number of piperazine rings is 1. The van der Waals surface area contributed by atoms with Gasteiger partial charge in [0.05, 0.1) is 6.61 Å². The number of nitrogens with one attached hydrogen (secondary N) is 1. The van der Waals surface area contributed by atoms with Crippen LogP contribution >= 0.6 is 12.2 Å². The van der Waals surface area contributed by atoms with Gasteiger partial charge in [0, 0.05) is 37.4 Å². The molecule has 1 saturated heterocycles. The molecule has 1 heterocycles. The molecule has 4 nitrogen and oxygen atoms in total. The first-order chi connectivity index (χ1) is 9.61. The highest BCUT2D eigenvalue weighted by atomic mass is 32.1. The van der Waals surface area contributed by atoms with Crippen molar-refractivity contribution in [1.29, 1.82) is 0 Å². The maximum Gasteiger partial charge on any atom is 0.173 e. The van der Waals surface area contributed by atoms with Crippen LogP contribution in [0.2, 0.25) is 0 Å². The molecule has 0 saturated carbocycles. The smallest absolute Gasteiger partial charge is 0.173 e. The van der Waals surface area contributed by atoms with Gasteiger partial charge in [-0.15, -0.1) is 0 Å². The number of benzene rings is 1. The van der Waals surface area contributed by atoms with E-state index in [0.29, 0.717) is 12.1 Å². The van der Waals surface area contributed by atoms with Gasteiger partial charge in [-0.25, -0.2) is 0 Å². The summed E-state index contributed by atoms with van der Waals surface area (Å²) in [6, 6.07) is 10.8.